The molecule has 0 spiro atoms. The van der Waals surface area contributed by atoms with Gasteiger partial charge in [-0.25, -0.2) is 8.78 Å². The van der Waals surface area contributed by atoms with Crippen molar-refractivity contribution in [3.63, 3.8) is 0 Å². The molecule has 5 heteroatoms. The highest BCUT2D eigenvalue weighted by Crippen LogP contribution is 2.35. The van der Waals surface area contributed by atoms with E-state index >= 15 is 0 Å². The zero-order chi connectivity index (χ0) is 15.7. The number of ether oxygens (including phenoxy) is 1. The van der Waals surface area contributed by atoms with Crippen LogP contribution in [0.1, 0.15) is 28.4 Å². The minimum absolute atomic E-state index is 0.130. The molecule has 1 aliphatic heterocycles. The van der Waals surface area contributed by atoms with Crippen LogP contribution in [-0.4, -0.2) is 24.5 Å². The quantitative estimate of drug-likeness (QED) is 0.849. The summed E-state index contributed by atoms with van der Waals surface area (Å²) in [7, 11) is 1.66. The topological polar surface area (TPSA) is 29.5 Å². The molecular weight excluding hydrogens is 288 g/mol. The first-order chi connectivity index (χ1) is 10.6. The van der Waals surface area contributed by atoms with Gasteiger partial charge < -0.3 is 9.64 Å². The summed E-state index contributed by atoms with van der Waals surface area (Å²) in [6, 6.07) is 10.6. The Balaban J connectivity index is 1.89. The van der Waals surface area contributed by atoms with Crippen LogP contribution in [0.2, 0.25) is 0 Å². The molecule has 114 valence electrons. The van der Waals surface area contributed by atoms with Crippen LogP contribution in [0.25, 0.3) is 0 Å². The molecule has 1 unspecified atom stereocenters. The van der Waals surface area contributed by atoms with E-state index in [0.29, 0.717) is 13.0 Å². The average molecular weight is 303 g/mol. The number of fused-ring (bicyclic) bond motifs is 1. The summed E-state index contributed by atoms with van der Waals surface area (Å²) in [6.07, 6.45) is 0.656. The van der Waals surface area contributed by atoms with Gasteiger partial charge in [0.1, 0.15) is 5.75 Å². The van der Waals surface area contributed by atoms with Crippen molar-refractivity contribution in [1.82, 2.24) is 4.90 Å². The van der Waals surface area contributed by atoms with Gasteiger partial charge in [0, 0.05) is 24.6 Å². The van der Waals surface area contributed by atoms with E-state index in [0.717, 1.165) is 23.4 Å². The van der Waals surface area contributed by atoms with Gasteiger partial charge in [-0.05, 0) is 24.3 Å². The molecule has 22 heavy (non-hydrogen) atoms. The molecule has 0 saturated heterocycles. The lowest BCUT2D eigenvalue weighted by Gasteiger charge is -2.33. The lowest BCUT2D eigenvalue weighted by Crippen LogP contribution is -2.34. The summed E-state index contributed by atoms with van der Waals surface area (Å²) in [5, 5.41) is 0. The van der Waals surface area contributed by atoms with E-state index < -0.39 is 11.6 Å². The van der Waals surface area contributed by atoms with Crippen LogP contribution in [0.15, 0.2) is 42.5 Å². The Kier molecular flexibility index (Phi) is 3.79. The fraction of sp³-hybridized carbons (Fsp3) is 0.235. The number of benzene rings is 2. The van der Waals surface area contributed by atoms with E-state index in [2.05, 4.69) is 0 Å². The second kappa shape index (κ2) is 5.75. The van der Waals surface area contributed by atoms with Gasteiger partial charge in [-0.2, -0.15) is 0 Å². The summed E-state index contributed by atoms with van der Waals surface area (Å²) in [4.78, 5) is 14.1. The number of carbonyl (C=O) groups is 1. The molecular formula is C17H15F2NO2. The Morgan fingerprint density at radius 2 is 1.95 bits per heavy atom. The molecule has 1 heterocycles. The summed E-state index contributed by atoms with van der Waals surface area (Å²) < 4.78 is 31.9. The number of carbonyl (C=O) groups excluding carboxylic acids is 1. The van der Waals surface area contributed by atoms with Crippen molar-refractivity contribution in [2.75, 3.05) is 13.7 Å². The van der Waals surface area contributed by atoms with Gasteiger partial charge in [-0.1, -0.05) is 18.2 Å². The number of hydrogen-bond donors (Lipinski definition) is 0. The van der Waals surface area contributed by atoms with Crippen LogP contribution in [0.5, 0.6) is 5.75 Å². The Morgan fingerprint density at radius 3 is 2.73 bits per heavy atom. The first kappa shape index (κ1) is 14.5. The Bertz CT molecular complexity index is 718. The zero-order valence-electron chi connectivity index (χ0n) is 12.1. The van der Waals surface area contributed by atoms with Crippen LogP contribution in [0.3, 0.4) is 0 Å². The lowest BCUT2D eigenvalue weighted by atomic mass is 9.98. The standard InChI is InChI=1S/C17H15F2NO2/c1-20(17(21)11-6-7-13(18)14(19)10-11)15-8-9-22-16-5-3-2-4-12(15)16/h2-7,10,15H,8-9H2,1H3. The van der Waals surface area contributed by atoms with Gasteiger partial charge in [-0.15, -0.1) is 0 Å². The predicted octanol–water partition coefficient (Wildman–Crippen LogP) is 3.56. The fourth-order valence-electron chi connectivity index (χ4n) is 2.70. The van der Waals surface area contributed by atoms with Crippen LogP contribution in [-0.2, 0) is 0 Å². The van der Waals surface area contributed by atoms with Gasteiger partial charge in [0.15, 0.2) is 11.6 Å². The number of hydrogen-bond acceptors (Lipinski definition) is 2. The molecule has 3 nitrogen and oxygen atoms in total. The van der Waals surface area contributed by atoms with Crippen LogP contribution >= 0.6 is 0 Å². The number of halogens is 2. The van der Waals surface area contributed by atoms with E-state index in [1.807, 2.05) is 24.3 Å². The molecule has 0 saturated carbocycles. The van der Waals surface area contributed by atoms with Crippen molar-refractivity contribution in [3.05, 3.63) is 65.2 Å². The fourth-order valence-corrected chi connectivity index (χ4v) is 2.70. The van der Waals surface area contributed by atoms with E-state index in [-0.39, 0.29) is 17.5 Å². The van der Waals surface area contributed by atoms with Crippen LogP contribution < -0.4 is 4.74 Å². The molecule has 2 aromatic rings. The third kappa shape index (κ3) is 2.54. The average Bonchev–Trinajstić information content (AvgIpc) is 2.55. The second-order valence-corrected chi connectivity index (χ2v) is 5.24. The van der Waals surface area contributed by atoms with Crippen LogP contribution in [0, 0.1) is 11.6 Å². The Labute approximate surface area is 127 Å². The first-order valence-corrected chi connectivity index (χ1v) is 7.02. The Hall–Kier alpha value is -2.43. The lowest BCUT2D eigenvalue weighted by molar-refractivity contribution is 0.0686. The monoisotopic (exact) mass is 303 g/mol. The van der Waals surface area contributed by atoms with E-state index in [4.69, 9.17) is 4.74 Å². The van der Waals surface area contributed by atoms with Gasteiger partial charge in [0.05, 0.1) is 12.6 Å². The zero-order valence-corrected chi connectivity index (χ0v) is 12.1. The van der Waals surface area contributed by atoms with Gasteiger partial charge in [0.2, 0.25) is 0 Å². The number of para-hydroxylation sites is 1. The van der Waals surface area contributed by atoms with Crippen molar-refractivity contribution in [3.8, 4) is 5.75 Å². The number of rotatable bonds is 2. The normalized spacial score (nSPS) is 16.6. The van der Waals surface area contributed by atoms with Gasteiger partial charge >= 0.3 is 0 Å². The molecule has 1 amide bonds. The van der Waals surface area contributed by atoms with E-state index in [9.17, 15) is 13.6 Å². The molecule has 0 aliphatic carbocycles. The highest BCUT2D eigenvalue weighted by atomic mass is 19.2. The molecule has 0 N–H and O–H groups in total. The molecule has 1 aliphatic rings. The van der Waals surface area contributed by atoms with Gasteiger partial charge in [0.25, 0.3) is 5.91 Å². The summed E-state index contributed by atoms with van der Waals surface area (Å²) in [6.45, 7) is 0.511. The van der Waals surface area contributed by atoms with Crippen molar-refractivity contribution >= 4 is 5.91 Å². The molecule has 0 aromatic heterocycles. The number of nitrogens with zero attached hydrogens (tertiary/aromatic N) is 1. The highest BCUT2D eigenvalue weighted by Gasteiger charge is 2.28. The highest BCUT2D eigenvalue weighted by molar-refractivity contribution is 5.94. The molecule has 1 atom stereocenters. The molecule has 2 aromatic carbocycles. The third-order valence-electron chi connectivity index (χ3n) is 3.88. The summed E-state index contributed by atoms with van der Waals surface area (Å²) >= 11 is 0. The molecule has 3 rings (SSSR count). The Morgan fingerprint density at radius 1 is 1.18 bits per heavy atom. The predicted molar refractivity (Wildman–Crippen MR) is 77.7 cm³/mol. The van der Waals surface area contributed by atoms with E-state index in [1.165, 1.54) is 6.07 Å². The van der Waals surface area contributed by atoms with Crippen molar-refractivity contribution in [1.29, 1.82) is 0 Å². The molecule has 0 fully saturated rings. The molecule has 0 radical (unpaired) electrons. The maximum Gasteiger partial charge on any atom is 0.254 e. The molecule has 0 bridgehead atoms. The minimum atomic E-state index is -1.02. The maximum atomic E-state index is 13.3. The van der Waals surface area contributed by atoms with Crippen molar-refractivity contribution < 1.29 is 18.3 Å². The summed E-state index contributed by atoms with van der Waals surface area (Å²) in [5.74, 6) is -1.58. The van der Waals surface area contributed by atoms with Gasteiger partial charge in [-0.3, -0.25) is 4.79 Å². The van der Waals surface area contributed by atoms with Crippen LogP contribution in [0.4, 0.5) is 8.78 Å². The van der Waals surface area contributed by atoms with E-state index in [1.54, 1.807) is 11.9 Å². The second-order valence-electron chi connectivity index (χ2n) is 5.24. The smallest absolute Gasteiger partial charge is 0.254 e. The van der Waals surface area contributed by atoms with Crippen molar-refractivity contribution in [2.24, 2.45) is 0 Å². The SMILES string of the molecule is CN(C(=O)c1ccc(F)c(F)c1)C1CCOc2ccccc21. The minimum Gasteiger partial charge on any atom is -0.493 e. The number of amides is 1. The first-order valence-electron chi connectivity index (χ1n) is 7.02. The maximum absolute atomic E-state index is 13.3. The largest absolute Gasteiger partial charge is 0.493 e. The third-order valence-corrected chi connectivity index (χ3v) is 3.88. The van der Waals surface area contributed by atoms with Crippen molar-refractivity contribution in [2.45, 2.75) is 12.5 Å². The summed E-state index contributed by atoms with van der Waals surface area (Å²) in [5.41, 5.74) is 1.05.